The van der Waals surface area contributed by atoms with E-state index in [0.29, 0.717) is 6.08 Å². The first-order chi connectivity index (χ1) is 5.04. The molecular formula is C6H6O5. The van der Waals surface area contributed by atoms with E-state index in [0.717, 1.165) is 12.2 Å². The zero-order valence-corrected chi connectivity index (χ0v) is 5.39. The normalized spacial score (nSPS) is 11.8. The first-order valence-corrected chi connectivity index (χ1v) is 2.57. The lowest BCUT2D eigenvalue weighted by Crippen LogP contribution is -1.97. The molecule has 0 bridgehead atoms. The van der Waals surface area contributed by atoms with Crippen molar-refractivity contribution in [3.8, 4) is 0 Å². The average Bonchev–Trinajstić information content (AvgIpc) is 1.86. The highest BCUT2D eigenvalue weighted by atomic mass is 16.4. The van der Waals surface area contributed by atoms with Crippen LogP contribution < -0.4 is 0 Å². The second-order valence-corrected chi connectivity index (χ2v) is 1.55. The predicted octanol–water partition coefficient (Wildman–Crippen LogP) is 0.154. The van der Waals surface area contributed by atoms with Gasteiger partial charge >= 0.3 is 11.9 Å². The zero-order valence-electron chi connectivity index (χ0n) is 5.39. The van der Waals surface area contributed by atoms with E-state index in [-0.39, 0.29) is 0 Å². The minimum atomic E-state index is -1.50. The number of aliphatic hydroxyl groups is 1. The van der Waals surface area contributed by atoms with Crippen molar-refractivity contribution in [3.05, 3.63) is 24.0 Å². The van der Waals surface area contributed by atoms with E-state index < -0.39 is 17.7 Å². The van der Waals surface area contributed by atoms with Gasteiger partial charge in [-0.25, -0.2) is 9.59 Å². The number of rotatable bonds is 3. The summed E-state index contributed by atoms with van der Waals surface area (Å²) in [4.78, 5) is 19.7. The summed E-state index contributed by atoms with van der Waals surface area (Å²) >= 11 is 0. The Balaban J connectivity index is 4.13. The van der Waals surface area contributed by atoms with E-state index in [1.165, 1.54) is 0 Å². The Morgan fingerprint density at radius 2 is 1.64 bits per heavy atom. The molecule has 0 aromatic rings. The zero-order chi connectivity index (χ0) is 8.85. The highest BCUT2D eigenvalue weighted by molar-refractivity contribution is 5.85. The van der Waals surface area contributed by atoms with Crippen LogP contribution in [0.15, 0.2) is 24.0 Å². The van der Waals surface area contributed by atoms with E-state index in [9.17, 15) is 9.59 Å². The van der Waals surface area contributed by atoms with Crippen molar-refractivity contribution in [2.45, 2.75) is 0 Å². The Kier molecular flexibility index (Phi) is 3.44. The van der Waals surface area contributed by atoms with Gasteiger partial charge in [-0.05, 0) is 6.08 Å². The summed E-state index contributed by atoms with van der Waals surface area (Å²) in [6.07, 6.45) is 2.40. The van der Waals surface area contributed by atoms with Gasteiger partial charge in [-0.3, -0.25) is 0 Å². The fourth-order valence-electron chi connectivity index (χ4n) is 0.293. The van der Waals surface area contributed by atoms with Crippen LogP contribution in [0.3, 0.4) is 0 Å². The van der Waals surface area contributed by atoms with E-state index in [4.69, 9.17) is 15.3 Å². The van der Waals surface area contributed by atoms with Crippen LogP contribution in [-0.4, -0.2) is 27.3 Å². The Morgan fingerprint density at radius 1 is 1.09 bits per heavy atom. The summed E-state index contributed by atoms with van der Waals surface area (Å²) in [6.45, 7) is 0. The molecule has 0 aliphatic carbocycles. The minimum absolute atomic E-state index is 0.708. The number of hydrogen-bond acceptors (Lipinski definition) is 3. The number of aliphatic hydroxyl groups excluding tert-OH is 1. The maximum Gasteiger partial charge on any atom is 0.370 e. The van der Waals surface area contributed by atoms with E-state index >= 15 is 0 Å². The predicted molar refractivity (Wildman–Crippen MR) is 35.1 cm³/mol. The van der Waals surface area contributed by atoms with Crippen molar-refractivity contribution in [1.82, 2.24) is 0 Å². The third kappa shape index (κ3) is 4.71. The number of hydrogen-bond donors (Lipinski definition) is 3. The van der Waals surface area contributed by atoms with Gasteiger partial charge in [0.15, 0.2) is 0 Å². The summed E-state index contributed by atoms with van der Waals surface area (Å²) < 4.78 is 0. The van der Waals surface area contributed by atoms with Crippen LogP contribution in [0, 0.1) is 0 Å². The van der Waals surface area contributed by atoms with Gasteiger partial charge in [0.1, 0.15) is 0 Å². The van der Waals surface area contributed by atoms with Gasteiger partial charge in [0.05, 0.1) is 0 Å². The Labute approximate surface area is 61.9 Å². The number of carboxylic acid groups (broad SMARTS) is 2. The maximum atomic E-state index is 9.88. The summed E-state index contributed by atoms with van der Waals surface area (Å²) in [6, 6.07) is 0. The van der Waals surface area contributed by atoms with Crippen LogP contribution in [0.5, 0.6) is 0 Å². The molecule has 0 amide bonds. The number of aliphatic carboxylic acids is 2. The molecular weight excluding hydrogens is 152 g/mol. The Bertz CT molecular complexity index is 225. The Morgan fingerprint density at radius 3 is 2.00 bits per heavy atom. The smallest absolute Gasteiger partial charge is 0.370 e. The van der Waals surface area contributed by atoms with Crippen molar-refractivity contribution in [3.63, 3.8) is 0 Å². The van der Waals surface area contributed by atoms with Crippen LogP contribution in [0.25, 0.3) is 0 Å². The lowest BCUT2D eigenvalue weighted by atomic mass is 10.4. The van der Waals surface area contributed by atoms with E-state index in [2.05, 4.69) is 0 Å². The number of carboxylic acids is 2. The van der Waals surface area contributed by atoms with Crippen molar-refractivity contribution < 1.29 is 24.9 Å². The first-order valence-electron chi connectivity index (χ1n) is 2.57. The van der Waals surface area contributed by atoms with Crippen LogP contribution >= 0.6 is 0 Å². The number of carbonyl (C=O) groups is 2. The molecule has 0 saturated carbocycles. The standard InChI is InChI=1S/C6H6O5/c7-4(6(10)11)2-1-3-5(8)9/h1-3,7H,(H,8,9)(H,10,11)/b3-1+,4-2-. The molecule has 0 rings (SSSR count). The van der Waals surface area contributed by atoms with E-state index in [1.54, 1.807) is 0 Å². The van der Waals surface area contributed by atoms with Crippen molar-refractivity contribution in [2.24, 2.45) is 0 Å². The third-order valence-corrected chi connectivity index (χ3v) is 0.712. The topological polar surface area (TPSA) is 94.8 Å². The summed E-state index contributed by atoms with van der Waals surface area (Å²) in [5.41, 5.74) is 0. The van der Waals surface area contributed by atoms with Gasteiger partial charge in [-0.15, -0.1) is 0 Å². The quantitative estimate of drug-likeness (QED) is 0.309. The monoisotopic (exact) mass is 158 g/mol. The molecule has 0 saturated heterocycles. The van der Waals surface area contributed by atoms with Crippen molar-refractivity contribution >= 4 is 11.9 Å². The highest BCUT2D eigenvalue weighted by Crippen LogP contribution is 1.88. The fourth-order valence-corrected chi connectivity index (χ4v) is 0.293. The molecule has 0 fully saturated rings. The van der Waals surface area contributed by atoms with Gasteiger partial charge in [-0.1, -0.05) is 6.08 Å². The SMILES string of the molecule is O=C(O)/C=C/C=C(\O)C(=O)O. The van der Waals surface area contributed by atoms with Gasteiger partial charge in [-0.2, -0.15) is 0 Å². The second-order valence-electron chi connectivity index (χ2n) is 1.55. The summed E-state index contributed by atoms with van der Waals surface area (Å²) in [5, 5.41) is 24.5. The van der Waals surface area contributed by atoms with Crippen molar-refractivity contribution in [2.75, 3.05) is 0 Å². The molecule has 0 atom stereocenters. The fraction of sp³-hybridized carbons (Fsp3) is 0. The molecule has 0 aromatic carbocycles. The molecule has 0 aliphatic heterocycles. The van der Waals surface area contributed by atoms with Crippen LogP contribution in [0.1, 0.15) is 0 Å². The summed E-state index contributed by atoms with van der Waals surface area (Å²) in [5.74, 6) is -3.61. The maximum absolute atomic E-state index is 9.88. The largest absolute Gasteiger partial charge is 0.502 e. The lowest BCUT2D eigenvalue weighted by molar-refractivity contribution is -0.135. The molecule has 0 aromatic heterocycles. The number of allylic oxidation sites excluding steroid dienone is 2. The molecule has 5 nitrogen and oxygen atoms in total. The molecule has 11 heavy (non-hydrogen) atoms. The molecule has 60 valence electrons. The molecule has 0 unspecified atom stereocenters. The van der Waals surface area contributed by atoms with Crippen LogP contribution in [0.4, 0.5) is 0 Å². The van der Waals surface area contributed by atoms with Gasteiger partial charge in [0.2, 0.25) is 5.76 Å². The molecule has 5 heteroatoms. The average molecular weight is 158 g/mol. The molecule has 0 spiro atoms. The van der Waals surface area contributed by atoms with Gasteiger partial charge in [0.25, 0.3) is 0 Å². The molecule has 0 radical (unpaired) electrons. The lowest BCUT2D eigenvalue weighted by Gasteiger charge is -1.85. The minimum Gasteiger partial charge on any atom is -0.502 e. The third-order valence-electron chi connectivity index (χ3n) is 0.712. The van der Waals surface area contributed by atoms with Crippen molar-refractivity contribution in [1.29, 1.82) is 0 Å². The second kappa shape index (κ2) is 4.10. The molecule has 3 N–H and O–H groups in total. The van der Waals surface area contributed by atoms with Gasteiger partial charge < -0.3 is 15.3 Å². The highest BCUT2D eigenvalue weighted by Gasteiger charge is 1.99. The molecule has 0 heterocycles. The Hall–Kier alpha value is -1.78. The van der Waals surface area contributed by atoms with Crippen LogP contribution in [-0.2, 0) is 9.59 Å². The van der Waals surface area contributed by atoms with Crippen LogP contribution in [0.2, 0.25) is 0 Å². The summed E-state index contributed by atoms with van der Waals surface area (Å²) in [7, 11) is 0. The first kappa shape index (κ1) is 9.22. The van der Waals surface area contributed by atoms with E-state index in [1.807, 2.05) is 0 Å². The molecule has 0 aliphatic rings. The van der Waals surface area contributed by atoms with Gasteiger partial charge in [0, 0.05) is 6.08 Å².